The summed E-state index contributed by atoms with van der Waals surface area (Å²) in [5.74, 6) is 0. The van der Waals surface area contributed by atoms with E-state index in [1.54, 1.807) is 12.1 Å². The molecule has 5 nitrogen and oxygen atoms in total. The number of aliphatic hydroxyl groups excluding tert-OH is 1. The minimum Gasteiger partial charge on any atom is -0.391 e. The largest absolute Gasteiger partial charge is 0.391 e. The molecule has 1 aromatic rings. The van der Waals surface area contributed by atoms with Crippen molar-refractivity contribution in [3.05, 3.63) is 33.9 Å². The van der Waals surface area contributed by atoms with Crippen LogP contribution in [0.1, 0.15) is 12.0 Å². The molecule has 0 aliphatic carbocycles. The minimum atomic E-state index is -0.376. The summed E-state index contributed by atoms with van der Waals surface area (Å²) in [6.45, 7) is 3.05. The van der Waals surface area contributed by atoms with Crippen LogP contribution in [0.25, 0.3) is 0 Å². The Morgan fingerprint density at radius 2 is 2.31 bits per heavy atom. The summed E-state index contributed by atoms with van der Waals surface area (Å²) in [7, 11) is 0. The van der Waals surface area contributed by atoms with Gasteiger partial charge in [-0.3, -0.25) is 10.1 Å². The highest BCUT2D eigenvalue weighted by molar-refractivity contribution is 5.65. The van der Waals surface area contributed by atoms with Gasteiger partial charge in [-0.25, -0.2) is 0 Å². The van der Waals surface area contributed by atoms with Crippen LogP contribution in [0.15, 0.2) is 18.2 Å². The van der Waals surface area contributed by atoms with E-state index in [9.17, 15) is 15.2 Å². The zero-order valence-corrected chi connectivity index (χ0v) is 9.09. The molecule has 1 aliphatic heterocycles. The Labute approximate surface area is 93.5 Å². The first-order valence-electron chi connectivity index (χ1n) is 5.26. The Bertz CT molecular complexity index is 420. The highest BCUT2D eigenvalue weighted by atomic mass is 16.6. The van der Waals surface area contributed by atoms with Crippen LogP contribution >= 0.6 is 0 Å². The Kier molecular flexibility index (Phi) is 2.78. The maximum absolute atomic E-state index is 10.9. The minimum absolute atomic E-state index is 0.111. The number of hydrogen-bond acceptors (Lipinski definition) is 4. The number of nitro groups is 1. The standard InChI is InChI=1S/C11H14N2O3/c1-8-2-3-10(13(15)16)11(6-8)12-5-4-9(14)7-12/h2-3,6,9,14H,4-5,7H2,1H3/t9-/m0/s1. The normalized spacial score (nSPS) is 20.1. The van der Waals surface area contributed by atoms with Crippen molar-refractivity contribution in [1.82, 2.24) is 0 Å². The molecule has 0 radical (unpaired) electrons. The van der Waals surface area contributed by atoms with Gasteiger partial charge in [0.15, 0.2) is 0 Å². The summed E-state index contributed by atoms with van der Waals surface area (Å²) in [6, 6.07) is 5.06. The molecule has 1 aliphatic rings. The van der Waals surface area contributed by atoms with Gasteiger partial charge in [0.1, 0.15) is 5.69 Å². The molecule has 86 valence electrons. The van der Waals surface area contributed by atoms with Crippen LogP contribution in [0.5, 0.6) is 0 Å². The second-order valence-corrected chi connectivity index (χ2v) is 4.14. The lowest BCUT2D eigenvalue weighted by atomic mass is 10.2. The molecule has 1 saturated heterocycles. The zero-order chi connectivity index (χ0) is 11.7. The molecule has 0 aromatic heterocycles. The van der Waals surface area contributed by atoms with E-state index in [2.05, 4.69) is 0 Å². The summed E-state index contributed by atoms with van der Waals surface area (Å²) in [6.07, 6.45) is 0.297. The van der Waals surface area contributed by atoms with Crippen LogP contribution in [0, 0.1) is 17.0 Å². The predicted molar refractivity (Wildman–Crippen MR) is 60.7 cm³/mol. The Morgan fingerprint density at radius 1 is 1.56 bits per heavy atom. The Morgan fingerprint density at radius 3 is 2.88 bits per heavy atom. The third-order valence-corrected chi connectivity index (χ3v) is 2.83. The van der Waals surface area contributed by atoms with E-state index in [1.165, 1.54) is 6.07 Å². The van der Waals surface area contributed by atoms with E-state index in [-0.39, 0.29) is 16.7 Å². The first-order valence-corrected chi connectivity index (χ1v) is 5.26. The second kappa shape index (κ2) is 4.09. The number of nitro benzene ring substituents is 1. The quantitative estimate of drug-likeness (QED) is 0.608. The van der Waals surface area contributed by atoms with Crippen molar-refractivity contribution in [2.45, 2.75) is 19.4 Å². The van der Waals surface area contributed by atoms with Crippen LogP contribution in [0.4, 0.5) is 11.4 Å². The monoisotopic (exact) mass is 222 g/mol. The van der Waals surface area contributed by atoms with Crippen LogP contribution in [-0.2, 0) is 0 Å². The Hall–Kier alpha value is -1.62. The molecule has 0 saturated carbocycles. The third-order valence-electron chi connectivity index (χ3n) is 2.83. The van der Waals surface area contributed by atoms with Crippen molar-refractivity contribution in [3.8, 4) is 0 Å². The van der Waals surface area contributed by atoms with Crippen molar-refractivity contribution < 1.29 is 10.0 Å². The van der Waals surface area contributed by atoms with Crippen molar-refractivity contribution in [1.29, 1.82) is 0 Å². The first-order chi connectivity index (χ1) is 7.58. The lowest BCUT2D eigenvalue weighted by Crippen LogP contribution is -2.22. The smallest absolute Gasteiger partial charge is 0.292 e. The van der Waals surface area contributed by atoms with Crippen LogP contribution in [-0.4, -0.2) is 29.2 Å². The number of anilines is 1. The second-order valence-electron chi connectivity index (χ2n) is 4.14. The molecular weight excluding hydrogens is 208 g/mol. The summed E-state index contributed by atoms with van der Waals surface area (Å²) >= 11 is 0. The highest BCUT2D eigenvalue weighted by Crippen LogP contribution is 2.31. The van der Waals surface area contributed by atoms with E-state index < -0.39 is 0 Å². The van der Waals surface area contributed by atoms with Gasteiger partial charge < -0.3 is 10.0 Å². The predicted octanol–water partition coefficient (Wildman–Crippen LogP) is 1.47. The lowest BCUT2D eigenvalue weighted by molar-refractivity contribution is -0.384. The Balaban J connectivity index is 2.37. The van der Waals surface area contributed by atoms with Crippen molar-refractivity contribution in [3.63, 3.8) is 0 Å². The topological polar surface area (TPSA) is 66.6 Å². The van der Waals surface area contributed by atoms with E-state index in [4.69, 9.17) is 0 Å². The SMILES string of the molecule is Cc1ccc([N+](=O)[O-])c(N2CC[C@H](O)C2)c1. The average molecular weight is 222 g/mol. The molecule has 1 fully saturated rings. The van der Waals surface area contributed by atoms with Gasteiger partial charge in [-0.05, 0) is 25.0 Å². The summed E-state index contributed by atoms with van der Waals surface area (Å²) in [4.78, 5) is 12.4. The van der Waals surface area contributed by atoms with Gasteiger partial charge in [0.25, 0.3) is 5.69 Å². The van der Waals surface area contributed by atoms with Gasteiger partial charge >= 0.3 is 0 Å². The average Bonchev–Trinajstić information content (AvgIpc) is 2.64. The molecule has 0 bridgehead atoms. The van der Waals surface area contributed by atoms with E-state index in [1.807, 2.05) is 11.8 Å². The number of rotatable bonds is 2. The molecule has 2 rings (SSSR count). The van der Waals surface area contributed by atoms with Crippen molar-refractivity contribution in [2.24, 2.45) is 0 Å². The van der Waals surface area contributed by atoms with Crippen LogP contribution < -0.4 is 4.90 Å². The van der Waals surface area contributed by atoms with Gasteiger partial charge in [-0.1, -0.05) is 6.07 Å². The van der Waals surface area contributed by atoms with Gasteiger partial charge in [0.05, 0.1) is 11.0 Å². The lowest BCUT2D eigenvalue weighted by Gasteiger charge is -2.18. The zero-order valence-electron chi connectivity index (χ0n) is 9.09. The maximum atomic E-state index is 10.9. The molecule has 0 amide bonds. The highest BCUT2D eigenvalue weighted by Gasteiger charge is 2.26. The fourth-order valence-electron chi connectivity index (χ4n) is 2.00. The van der Waals surface area contributed by atoms with E-state index in [0.29, 0.717) is 25.2 Å². The molecule has 0 unspecified atom stereocenters. The summed E-state index contributed by atoms with van der Waals surface area (Å²) in [5, 5.41) is 20.3. The summed E-state index contributed by atoms with van der Waals surface area (Å²) in [5.41, 5.74) is 1.71. The number of hydrogen-bond donors (Lipinski definition) is 1. The summed E-state index contributed by atoms with van der Waals surface area (Å²) < 4.78 is 0. The molecule has 5 heteroatoms. The molecule has 1 N–H and O–H groups in total. The van der Waals surface area contributed by atoms with Crippen LogP contribution in [0.3, 0.4) is 0 Å². The van der Waals surface area contributed by atoms with Crippen molar-refractivity contribution >= 4 is 11.4 Å². The van der Waals surface area contributed by atoms with E-state index >= 15 is 0 Å². The van der Waals surface area contributed by atoms with Crippen molar-refractivity contribution in [2.75, 3.05) is 18.0 Å². The number of aryl methyl sites for hydroxylation is 1. The van der Waals surface area contributed by atoms with E-state index in [0.717, 1.165) is 5.56 Å². The van der Waals surface area contributed by atoms with Gasteiger partial charge in [-0.2, -0.15) is 0 Å². The van der Waals surface area contributed by atoms with Crippen LogP contribution in [0.2, 0.25) is 0 Å². The maximum Gasteiger partial charge on any atom is 0.292 e. The fourth-order valence-corrected chi connectivity index (χ4v) is 2.00. The van der Waals surface area contributed by atoms with Gasteiger partial charge in [0, 0.05) is 19.2 Å². The molecule has 1 heterocycles. The number of β-amino-alcohol motifs (C(OH)–C–C–N with tert-alkyl or cyclic N) is 1. The third kappa shape index (κ3) is 1.99. The number of nitrogens with zero attached hydrogens (tertiary/aromatic N) is 2. The fraction of sp³-hybridized carbons (Fsp3) is 0.455. The van der Waals surface area contributed by atoms with Gasteiger partial charge in [-0.15, -0.1) is 0 Å². The number of aliphatic hydroxyl groups is 1. The molecule has 1 atom stereocenters. The first kappa shape index (κ1) is 10.9. The molecule has 1 aromatic carbocycles. The molecule has 0 spiro atoms. The van der Waals surface area contributed by atoms with Gasteiger partial charge in [0.2, 0.25) is 0 Å². The molecular formula is C11H14N2O3. The number of benzene rings is 1. The molecule has 16 heavy (non-hydrogen) atoms.